The number of nitrogens with zero attached hydrogens (tertiary/aromatic N) is 1. The molecule has 0 radical (unpaired) electrons. The second-order valence-corrected chi connectivity index (χ2v) is 5.38. The molecule has 0 unspecified atom stereocenters. The Hall–Kier alpha value is -1.89. The first-order valence-corrected chi connectivity index (χ1v) is 6.44. The summed E-state index contributed by atoms with van der Waals surface area (Å²) in [5, 5.41) is 9.64. The molecule has 0 saturated carbocycles. The molecule has 94 valence electrons. The fourth-order valence-corrected chi connectivity index (χ4v) is 3.48. The molecule has 6 nitrogen and oxygen atoms in total. The molecule has 18 heavy (non-hydrogen) atoms. The zero-order valence-corrected chi connectivity index (χ0v) is 10.2. The highest BCUT2D eigenvalue weighted by Gasteiger charge is 2.27. The van der Waals surface area contributed by atoms with Crippen LogP contribution in [-0.4, -0.2) is 15.8 Å². The molecule has 0 aliphatic heterocycles. The monoisotopic (exact) mass is 266 g/mol. The van der Waals surface area contributed by atoms with Gasteiger partial charge in [0.05, 0.1) is 5.56 Å². The number of carboxylic acid groups (broad SMARTS) is 1. The molecule has 2 aromatic heterocycles. The minimum absolute atomic E-state index is 0.210. The van der Waals surface area contributed by atoms with Crippen LogP contribution < -0.4 is 16.5 Å². The first kappa shape index (κ1) is 11.2. The number of aryl methyl sites for hydroxylation is 1. The van der Waals surface area contributed by atoms with Gasteiger partial charge in [0.15, 0.2) is 0 Å². The first-order valence-electron chi connectivity index (χ1n) is 5.62. The molecule has 2 aromatic rings. The van der Waals surface area contributed by atoms with Gasteiger partial charge in [0.25, 0.3) is 0 Å². The van der Waals surface area contributed by atoms with Gasteiger partial charge in [0, 0.05) is 4.88 Å². The standard InChI is InChI=1S/C11H10N2O4S/c14-9-10(15)13(9)12-8-7(11(16)17)5-3-1-2-4-6(5)18-8/h12H,1-4H2,(H,16,17). The Morgan fingerprint density at radius 3 is 2.50 bits per heavy atom. The maximum atomic E-state index is 11.3. The van der Waals surface area contributed by atoms with Crippen molar-refractivity contribution in [2.75, 3.05) is 5.43 Å². The van der Waals surface area contributed by atoms with Crippen molar-refractivity contribution in [3.05, 3.63) is 36.7 Å². The van der Waals surface area contributed by atoms with E-state index in [2.05, 4.69) is 5.43 Å². The Morgan fingerprint density at radius 2 is 1.89 bits per heavy atom. The van der Waals surface area contributed by atoms with Crippen LogP contribution >= 0.6 is 11.3 Å². The third-order valence-electron chi connectivity index (χ3n) is 3.14. The number of rotatable bonds is 3. The van der Waals surface area contributed by atoms with Crippen molar-refractivity contribution in [2.45, 2.75) is 25.7 Å². The quantitative estimate of drug-likeness (QED) is 0.794. The lowest BCUT2D eigenvalue weighted by Crippen LogP contribution is -2.11. The number of thiophene rings is 1. The van der Waals surface area contributed by atoms with E-state index in [0.29, 0.717) is 5.00 Å². The molecule has 1 aliphatic rings. The summed E-state index contributed by atoms with van der Waals surface area (Å²) in [7, 11) is 0. The number of hydrogen-bond acceptors (Lipinski definition) is 5. The molecule has 0 atom stereocenters. The minimum Gasteiger partial charge on any atom is -0.478 e. The lowest BCUT2D eigenvalue weighted by atomic mass is 9.95. The first-order chi connectivity index (χ1) is 8.59. The Kier molecular flexibility index (Phi) is 2.37. The Morgan fingerprint density at radius 1 is 1.22 bits per heavy atom. The van der Waals surface area contributed by atoms with Crippen molar-refractivity contribution in [1.29, 1.82) is 0 Å². The van der Waals surface area contributed by atoms with E-state index >= 15 is 0 Å². The molecule has 3 rings (SSSR count). The third-order valence-corrected chi connectivity index (χ3v) is 4.33. The van der Waals surface area contributed by atoms with Crippen molar-refractivity contribution < 1.29 is 9.90 Å². The molecule has 1 aliphatic carbocycles. The van der Waals surface area contributed by atoms with Crippen molar-refractivity contribution in [3.8, 4) is 0 Å². The van der Waals surface area contributed by atoms with E-state index in [9.17, 15) is 19.5 Å². The summed E-state index contributed by atoms with van der Waals surface area (Å²) in [6, 6.07) is 0. The molecule has 0 spiro atoms. The van der Waals surface area contributed by atoms with Crippen LogP contribution in [0, 0.1) is 0 Å². The Labute approximate surface area is 105 Å². The number of anilines is 1. The SMILES string of the molecule is O=C(O)c1c(Nn2c(=O)c2=O)sc2c1CCCC2. The topological polar surface area (TPSA) is 88.4 Å². The summed E-state index contributed by atoms with van der Waals surface area (Å²) < 4.78 is 0.837. The second kappa shape index (κ2) is 3.81. The highest BCUT2D eigenvalue weighted by Crippen LogP contribution is 2.37. The van der Waals surface area contributed by atoms with Gasteiger partial charge in [-0.15, -0.1) is 11.3 Å². The molecular formula is C11H10N2O4S. The maximum Gasteiger partial charge on any atom is 0.340 e. The Balaban J connectivity index is 2.05. The van der Waals surface area contributed by atoms with Gasteiger partial charge in [0.2, 0.25) is 0 Å². The molecule has 0 amide bonds. The van der Waals surface area contributed by atoms with Crippen LogP contribution in [0.1, 0.15) is 33.6 Å². The minimum atomic E-state index is -1.02. The van der Waals surface area contributed by atoms with E-state index < -0.39 is 17.1 Å². The molecule has 0 saturated heterocycles. The average molecular weight is 266 g/mol. The highest BCUT2D eigenvalue weighted by atomic mass is 32.1. The van der Waals surface area contributed by atoms with Crippen LogP contribution in [0.25, 0.3) is 0 Å². The molecule has 0 aromatic carbocycles. The highest BCUT2D eigenvalue weighted by molar-refractivity contribution is 7.16. The molecule has 7 heteroatoms. The predicted octanol–water partition coefficient (Wildman–Crippen LogP) is 0.598. The second-order valence-electron chi connectivity index (χ2n) is 4.28. The number of aromatic carboxylic acids is 1. The van der Waals surface area contributed by atoms with E-state index in [-0.39, 0.29) is 5.56 Å². The van der Waals surface area contributed by atoms with Crippen molar-refractivity contribution >= 4 is 22.3 Å². The number of carbonyl (C=O) groups is 1. The summed E-state index contributed by atoms with van der Waals surface area (Å²) in [4.78, 5) is 34.2. The largest absolute Gasteiger partial charge is 0.478 e. The molecule has 2 heterocycles. The number of aromatic nitrogens is 1. The van der Waals surface area contributed by atoms with Gasteiger partial charge in [-0.3, -0.25) is 15.0 Å². The van der Waals surface area contributed by atoms with Crippen LogP contribution in [0.4, 0.5) is 5.00 Å². The fraction of sp³-hybridized carbons (Fsp3) is 0.364. The van der Waals surface area contributed by atoms with Gasteiger partial charge in [-0.2, -0.15) is 4.68 Å². The van der Waals surface area contributed by atoms with E-state index in [4.69, 9.17) is 0 Å². The van der Waals surface area contributed by atoms with Crippen LogP contribution in [0.2, 0.25) is 0 Å². The Bertz CT molecular complexity index is 680. The summed E-state index contributed by atoms with van der Waals surface area (Å²) in [5.74, 6) is -1.02. The van der Waals surface area contributed by atoms with E-state index in [1.807, 2.05) is 0 Å². The smallest absolute Gasteiger partial charge is 0.340 e. The van der Waals surface area contributed by atoms with Crippen LogP contribution in [0.3, 0.4) is 0 Å². The van der Waals surface area contributed by atoms with Crippen LogP contribution in [0.5, 0.6) is 0 Å². The van der Waals surface area contributed by atoms with Gasteiger partial charge in [-0.1, -0.05) is 0 Å². The fourth-order valence-electron chi connectivity index (χ4n) is 2.21. The van der Waals surface area contributed by atoms with Crippen LogP contribution in [-0.2, 0) is 12.8 Å². The van der Waals surface area contributed by atoms with Gasteiger partial charge >= 0.3 is 17.1 Å². The van der Waals surface area contributed by atoms with Crippen molar-refractivity contribution in [1.82, 2.24) is 4.68 Å². The maximum absolute atomic E-state index is 11.3. The third kappa shape index (κ3) is 1.59. The van der Waals surface area contributed by atoms with Gasteiger partial charge in [0.1, 0.15) is 5.00 Å². The number of nitrogens with one attached hydrogen (secondary N) is 1. The summed E-state index contributed by atoms with van der Waals surface area (Å²) >= 11 is 1.32. The molecule has 0 fully saturated rings. The van der Waals surface area contributed by atoms with Gasteiger partial charge in [-0.05, 0) is 31.2 Å². The van der Waals surface area contributed by atoms with Crippen molar-refractivity contribution in [3.63, 3.8) is 0 Å². The zero-order chi connectivity index (χ0) is 12.9. The molecular weight excluding hydrogens is 256 g/mol. The molecule has 0 bridgehead atoms. The zero-order valence-electron chi connectivity index (χ0n) is 9.36. The summed E-state index contributed by atoms with van der Waals surface area (Å²) in [6.45, 7) is 0. The number of hydrogen-bond donors (Lipinski definition) is 2. The van der Waals surface area contributed by atoms with E-state index in [1.54, 1.807) is 0 Å². The van der Waals surface area contributed by atoms with Gasteiger partial charge in [-0.25, -0.2) is 4.79 Å². The number of fused-ring (bicyclic) bond motifs is 1. The normalized spacial score (nSPS) is 14.7. The summed E-state index contributed by atoms with van der Waals surface area (Å²) in [5.41, 5.74) is 2.40. The van der Waals surface area contributed by atoms with Crippen molar-refractivity contribution in [2.24, 2.45) is 0 Å². The van der Waals surface area contributed by atoms with Gasteiger partial charge < -0.3 is 5.11 Å². The lowest BCUT2D eigenvalue weighted by molar-refractivity contribution is 0.0697. The lowest BCUT2D eigenvalue weighted by Gasteiger charge is -2.10. The van der Waals surface area contributed by atoms with Crippen LogP contribution in [0.15, 0.2) is 9.59 Å². The summed E-state index contributed by atoms with van der Waals surface area (Å²) in [6.07, 6.45) is 3.64. The number of carboxylic acids is 1. The average Bonchev–Trinajstić information content (AvgIpc) is 2.78. The van der Waals surface area contributed by atoms with E-state index in [0.717, 1.165) is 40.8 Å². The van der Waals surface area contributed by atoms with E-state index in [1.165, 1.54) is 11.3 Å². The predicted molar refractivity (Wildman–Crippen MR) is 66.3 cm³/mol. The molecule has 2 N–H and O–H groups in total.